The van der Waals surface area contributed by atoms with Crippen molar-refractivity contribution in [1.29, 1.82) is 0 Å². The van der Waals surface area contributed by atoms with Gasteiger partial charge in [-0.15, -0.1) is 0 Å². The number of halogens is 1. The number of carbonyl (C=O) groups is 2. The molecule has 0 aliphatic carbocycles. The molecule has 0 saturated carbocycles. The highest BCUT2D eigenvalue weighted by Gasteiger charge is 2.33. The van der Waals surface area contributed by atoms with E-state index in [1.54, 1.807) is 24.3 Å². The van der Waals surface area contributed by atoms with Gasteiger partial charge in [-0.05, 0) is 23.8 Å². The first kappa shape index (κ1) is 17.7. The number of carbonyl (C=O) groups excluding carboxylic acids is 2. The summed E-state index contributed by atoms with van der Waals surface area (Å²) in [5.74, 6) is -0.0474. The van der Waals surface area contributed by atoms with E-state index in [-0.39, 0.29) is 31.3 Å². The number of hydrogen-bond acceptors (Lipinski definition) is 5. The molecule has 1 aromatic heterocycles. The zero-order valence-electron chi connectivity index (χ0n) is 14.1. The lowest BCUT2D eigenvalue weighted by atomic mass is 10.2. The number of aromatic nitrogens is 1. The smallest absolute Gasteiger partial charge is 0.407 e. The minimum atomic E-state index is -0.563. The highest BCUT2D eigenvalue weighted by Crippen LogP contribution is 2.24. The minimum absolute atomic E-state index is 0.135. The summed E-state index contributed by atoms with van der Waals surface area (Å²) in [7, 11) is 1.46. The summed E-state index contributed by atoms with van der Waals surface area (Å²) in [6.07, 6.45) is 0.611. The third-order valence-corrected chi connectivity index (χ3v) is 3.90. The van der Waals surface area contributed by atoms with Crippen LogP contribution in [0.2, 0.25) is 0 Å². The second kappa shape index (κ2) is 7.81. The lowest BCUT2D eigenvalue weighted by molar-refractivity contribution is -0.117. The van der Waals surface area contributed by atoms with Crippen molar-refractivity contribution in [2.45, 2.75) is 19.1 Å². The van der Waals surface area contributed by atoms with E-state index in [4.69, 9.17) is 9.47 Å². The molecule has 136 valence electrons. The second-order valence-electron chi connectivity index (χ2n) is 5.76. The second-order valence-corrected chi connectivity index (χ2v) is 5.76. The Morgan fingerprint density at radius 3 is 2.73 bits per heavy atom. The average Bonchev–Trinajstić information content (AvgIpc) is 3.01. The number of benzene rings is 1. The maximum absolute atomic E-state index is 12.9. The van der Waals surface area contributed by atoms with Crippen molar-refractivity contribution in [1.82, 2.24) is 10.3 Å². The first-order chi connectivity index (χ1) is 12.5. The van der Waals surface area contributed by atoms with Gasteiger partial charge in [0, 0.05) is 13.1 Å². The number of rotatable bonds is 5. The van der Waals surface area contributed by atoms with E-state index in [1.165, 1.54) is 30.3 Å². The molecule has 2 amide bonds. The predicted octanol–water partition coefficient (Wildman–Crippen LogP) is 2.26. The Hall–Kier alpha value is -3.16. The topological polar surface area (TPSA) is 80.8 Å². The third kappa shape index (κ3) is 4.27. The molecule has 3 rings (SSSR count). The van der Waals surface area contributed by atoms with Crippen LogP contribution in [0.5, 0.6) is 5.88 Å². The van der Waals surface area contributed by atoms with Gasteiger partial charge >= 0.3 is 6.09 Å². The highest BCUT2D eigenvalue weighted by molar-refractivity contribution is 5.96. The standard InChI is InChI=1S/C18H18FN3O4/c1-20-18(24)26-15-8-17(23)22(10-15)14-6-7-16(21-9-14)25-11-12-2-4-13(19)5-3-12/h2-7,9,15H,8,10-11H2,1H3,(H,20,24). The van der Waals surface area contributed by atoms with Crippen molar-refractivity contribution in [2.24, 2.45) is 0 Å². The van der Waals surface area contributed by atoms with Crippen LogP contribution in [-0.2, 0) is 16.1 Å². The number of anilines is 1. The van der Waals surface area contributed by atoms with E-state index in [9.17, 15) is 14.0 Å². The van der Waals surface area contributed by atoms with Gasteiger partial charge in [0.2, 0.25) is 11.8 Å². The molecular formula is C18H18FN3O4. The molecule has 1 unspecified atom stereocenters. The molecule has 0 spiro atoms. The van der Waals surface area contributed by atoms with Gasteiger partial charge in [0.15, 0.2) is 0 Å². The van der Waals surface area contributed by atoms with Crippen LogP contribution in [0.4, 0.5) is 14.9 Å². The molecule has 1 fully saturated rings. The number of nitrogens with one attached hydrogen (secondary N) is 1. The Kier molecular flexibility index (Phi) is 5.31. The van der Waals surface area contributed by atoms with E-state index in [1.807, 2.05) is 0 Å². The van der Waals surface area contributed by atoms with Gasteiger partial charge < -0.3 is 19.7 Å². The summed E-state index contributed by atoms with van der Waals surface area (Å²) in [5, 5.41) is 2.36. The molecule has 26 heavy (non-hydrogen) atoms. The first-order valence-electron chi connectivity index (χ1n) is 8.07. The molecule has 1 aliphatic heterocycles. The van der Waals surface area contributed by atoms with Gasteiger partial charge in [0.1, 0.15) is 18.5 Å². The normalized spacial score (nSPS) is 16.5. The number of hydrogen-bond donors (Lipinski definition) is 1. The van der Waals surface area contributed by atoms with E-state index in [0.29, 0.717) is 11.6 Å². The maximum Gasteiger partial charge on any atom is 0.407 e. The van der Waals surface area contributed by atoms with Gasteiger partial charge in [-0.3, -0.25) is 4.79 Å². The number of ether oxygens (including phenoxy) is 2. The van der Waals surface area contributed by atoms with Crippen LogP contribution in [0.25, 0.3) is 0 Å². The van der Waals surface area contributed by atoms with E-state index in [0.717, 1.165) is 5.56 Å². The van der Waals surface area contributed by atoms with Crippen LogP contribution in [0.3, 0.4) is 0 Å². The number of alkyl carbamates (subject to hydrolysis) is 1. The summed E-state index contributed by atoms with van der Waals surface area (Å²) in [5.41, 5.74) is 1.42. The average molecular weight is 359 g/mol. The van der Waals surface area contributed by atoms with Crippen LogP contribution in [0, 0.1) is 5.82 Å². The van der Waals surface area contributed by atoms with Crippen molar-refractivity contribution in [2.75, 3.05) is 18.5 Å². The number of pyridine rings is 1. The monoisotopic (exact) mass is 359 g/mol. The van der Waals surface area contributed by atoms with E-state index >= 15 is 0 Å². The summed E-state index contributed by atoms with van der Waals surface area (Å²) >= 11 is 0. The molecular weight excluding hydrogens is 341 g/mol. The van der Waals surface area contributed by atoms with Gasteiger partial charge in [0.05, 0.1) is 24.8 Å². The van der Waals surface area contributed by atoms with Crippen LogP contribution in [0.15, 0.2) is 42.6 Å². The largest absolute Gasteiger partial charge is 0.473 e. The van der Waals surface area contributed by atoms with Crippen molar-refractivity contribution in [3.8, 4) is 5.88 Å². The molecule has 2 heterocycles. The Balaban J connectivity index is 1.58. The van der Waals surface area contributed by atoms with Gasteiger partial charge in [-0.25, -0.2) is 14.2 Å². The van der Waals surface area contributed by atoms with Crippen LogP contribution in [-0.4, -0.2) is 36.7 Å². The van der Waals surface area contributed by atoms with Crippen LogP contribution < -0.4 is 15.0 Å². The molecule has 0 bridgehead atoms. The Bertz CT molecular complexity index is 780. The molecule has 1 atom stereocenters. The summed E-state index contributed by atoms with van der Waals surface area (Å²) in [6.45, 7) is 0.543. The van der Waals surface area contributed by atoms with Crippen molar-refractivity contribution >= 4 is 17.7 Å². The summed E-state index contributed by atoms with van der Waals surface area (Å²) in [6, 6.07) is 9.38. The highest BCUT2D eigenvalue weighted by atomic mass is 19.1. The summed E-state index contributed by atoms with van der Waals surface area (Å²) < 4.78 is 23.5. The molecule has 1 saturated heterocycles. The van der Waals surface area contributed by atoms with Crippen molar-refractivity contribution in [3.63, 3.8) is 0 Å². The SMILES string of the molecule is CNC(=O)OC1CC(=O)N(c2ccc(OCc3ccc(F)cc3)nc2)C1. The lowest BCUT2D eigenvalue weighted by Gasteiger charge is -2.16. The van der Waals surface area contributed by atoms with E-state index in [2.05, 4.69) is 10.3 Å². The van der Waals surface area contributed by atoms with Gasteiger partial charge in [0.25, 0.3) is 0 Å². The zero-order chi connectivity index (χ0) is 18.5. The summed E-state index contributed by atoms with van der Waals surface area (Å²) in [4.78, 5) is 29.1. The molecule has 1 aromatic carbocycles. The lowest BCUT2D eigenvalue weighted by Crippen LogP contribution is -2.29. The van der Waals surface area contributed by atoms with Gasteiger partial charge in [-0.2, -0.15) is 0 Å². The fraction of sp³-hybridized carbons (Fsp3) is 0.278. The maximum atomic E-state index is 12.9. The van der Waals surface area contributed by atoms with Crippen molar-refractivity contribution in [3.05, 3.63) is 54.0 Å². The van der Waals surface area contributed by atoms with Gasteiger partial charge in [-0.1, -0.05) is 12.1 Å². The number of nitrogens with zero attached hydrogens (tertiary/aromatic N) is 2. The molecule has 7 nitrogen and oxygen atoms in total. The Labute approximate surface area is 149 Å². The predicted molar refractivity (Wildman–Crippen MR) is 91.3 cm³/mol. The van der Waals surface area contributed by atoms with Crippen molar-refractivity contribution < 1.29 is 23.5 Å². The van der Waals surface area contributed by atoms with E-state index < -0.39 is 12.2 Å². The Morgan fingerprint density at radius 1 is 1.31 bits per heavy atom. The fourth-order valence-electron chi connectivity index (χ4n) is 2.57. The molecule has 1 N–H and O–H groups in total. The first-order valence-corrected chi connectivity index (χ1v) is 8.07. The number of amides is 2. The third-order valence-electron chi connectivity index (χ3n) is 3.90. The molecule has 8 heteroatoms. The molecule has 1 aliphatic rings. The molecule has 2 aromatic rings. The van der Waals surface area contributed by atoms with Crippen LogP contribution in [0.1, 0.15) is 12.0 Å². The fourth-order valence-corrected chi connectivity index (χ4v) is 2.57. The minimum Gasteiger partial charge on any atom is -0.473 e. The van der Waals surface area contributed by atoms with Crippen LogP contribution >= 0.6 is 0 Å². The Morgan fingerprint density at radius 2 is 2.08 bits per heavy atom. The zero-order valence-corrected chi connectivity index (χ0v) is 14.1. The molecule has 0 radical (unpaired) electrons. The quantitative estimate of drug-likeness (QED) is 0.886.